The minimum atomic E-state index is -4.50. The largest absolute Gasteiger partial charge is 0.416 e. The number of alkyl halides is 3. The molecule has 1 saturated heterocycles. The second-order valence-electron chi connectivity index (χ2n) is 6.60. The minimum absolute atomic E-state index is 0.0177. The lowest BCUT2D eigenvalue weighted by Crippen LogP contribution is -2.51. The molecular weight excluding hydrogens is 391 g/mol. The third-order valence-electron chi connectivity index (χ3n) is 4.58. The molecule has 0 aliphatic carbocycles. The third kappa shape index (κ3) is 6.74. The molecule has 1 aromatic rings. The third-order valence-corrected chi connectivity index (χ3v) is 4.58. The number of nitrogens with zero attached hydrogens (tertiary/aromatic N) is 1. The van der Waals surface area contributed by atoms with E-state index >= 15 is 0 Å². The van der Waals surface area contributed by atoms with Gasteiger partial charge in [-0.2, -0.15) is 13.2 Å². The van der Waals surface area contributed by atoms with Gasteiger partial charge in [0.05, 0.1) is 18.8 Å². The van der Waals surface area contributed by atoms with E-state index in [9.17, 15) is 27.6 Å². The molecule has 0 bridgehead atoms. The molecule has 2 rings (SSSR count). The Morgan fingerprint density at radius 3 is 2.31 bits per heavy atom. The Balaban J connectivity index is 2.07. The zero-order valence-corrected chi connectivity index (χ0v) is 16.1. The number of amides is 3. The summed E-state index contributed by atoms with van der Waals surface area (Å²) in [6, 6.07) is 2.89. The Bertz CT molecular complexity index is 716. The summed E-state index contributed by atoms with van der Waals surface area (Å²) in [6.07, 6.45) is -3.70. The molecule has 0 saturated carbocycles. The van der Waals surface area contributed by atoms with Gasteiger partial charge in [-0.05, 0) is 37.1 Å². The fraction of sp³-hybridized carbons (Fsp3) is 0.526. The summed E-state index contributed by atoms with van der Waals surface area (Å²) in [6.45, 7) is 1.56. The molecule has 0 radical (unpaired) electrons. The summed E-state index contributed by atoms with van der Waals surface area (Å²) in [5.74, 6) is -1.13. The van der Waals surface area contributed by atoms with Gasteiger partial charge in [0.2, 0.25) is 11.8 Å². The number of morpholine rings is 1. The summed E-state index contributed by atoms with van der Waals surface area (Å²) in [5.41, 5.74) is -0.843. The summed E-state index contributed by atoms with van der Waals surface area (Å²) < 4.78 is 43.3. The summed E-state index contributed by atoms with van der Waals surface area (Å²) >= 11 is 0. The van der Waals surface area contributed by atoms with Crippen LogP contribution in [0.3, 0.4) is 0 Å². The van der Waals surface area contributed by atoms with E-state index in [2.05, 4.69) is 10.6 Å². The highest BCUT2D eigenvalue weighted by atomic mass is 19.4. The van der Waals surface area contributed by atoms with Crippen LogP contribution in [0.25, 0.3) is 0 Å². The van der Waals surface area contributed by atoms with E-state index < -0.39 is 23.7 Å². The number of carbonyl (C=O) groups is 3. The predicted molar refractivity (Wildman–Crippen MR) is 98.0 cm³/mol. The normalized spacial score (nSPS) is 15.5. The van der Waals surface area contributed by atoms with E-state index in [1.54, 1.807) is 4.90 Å². The molecule has 7 nitrogen and oxygen atoms in total. The number of carbonyl (C=O) groups excluding carboxylic acids is 3. The summed E-state index contributed by atoms with van der Waals surface area (Å²) in [7, 11) is 1.51. The van der Waals surface area contributed by atoms with Crippen LogP contribution in [-0.4, -0.2) is 62.0 Å². The van der Waals surface area contributed by atoms with Gasteiger partial charge in [-0.3, -0.25) is 14.4 Å². The van der Waals surface area contributed by atoms with Gasteiger partial charge in [-0.25, -0.2) is 0 Å². The number of hydrogen-bond donors (Lipinski definition) is 2. The number of ether oxygens (including phenoxy) is 1. The van der Waals surface area contributed by atoms with Crippen LogP contribution >= 0.6 is 0 Å². The zero-order chi connectivity index (χ0) is 21.4. The van der Waals surface area contributed by atoms with E-state index in [1.165, 1.54) is 7.05 Å². The fourth-order valence-electron chi connectivity index (χ4n) is 2.91. The number of nitrogens with one attached hydrogen (secondary N) is 2. The first-order valence-electron chi connectivity index (χ1n) is 9.27. The van der Waals surface area contributed by atoms with Crippen LogP contribution in [0.5, 0.6) is 0 Å². The lowest BCUT2D eigenvalue weighted by atomic mass is 10.1. The Kier molecular flexibility index (Phi) is 8.00. The molecule has 0 unspecified atom stereocenters. The molecule has 1 aromatic carbocycles. The van der Waals surface area contributed by atoms with Crippen LogP contribution < -0.4 is 10.6 Å². The SMILES string of the molecule is CNC(=O)CCC[C@H](NC(=O)c1ccc(C(F)(F)F)cc1)C(=O)N1CCOCC1. The maximum atomic E-state index is 12.8. The zero-order valence-electron chi connectivity index (χ0n) is 16.1. The number of hydrogen-bond acceptors (Lipinski definition) is 4. The van der Waals surface area contributed by atoms with Crippen LogP contribution in [0.4, 0.5) is 13.2 Å². The second kappa shape index (κ2) is 10.2. The van der Waals surface area contributed by atoms with Crippen molar-refractivity contribution in [3.05, 3.63) is 35.4 Å². The van der Waals surface area contributed by atoms with Crippen molar-refractivity contribution in [2.75, 3.05) is 33.4 Å². The first kappa shape index (κ1) is 22.7. The van der Waals surface area contributed by atoms with Gasteiger partial charge in [-0.1, -0.05) is 0 Å². The second-order valence-corrected chi connectivity index (χ2v) is 6.60. The standard InChI is InChI=1S/C19H24F3N3O4/c1-23-16(26)4-2-3-15(18(28)25-9-11-29-12-10-25)24-17(27)13-5-7-14(8-6-13)19(20,21)22/h5-8,15H,2-4,9-12H2,1H3,(H,23,26)(H,24,27)/t15-/m0/s1. The van der Waals surface area contributed by atoms with Crippen molar-refractivity contribution in [1.82, 2.24) is 15.5 Å². The summed E-state index contributed by atoms with van der Waals surface area (Å²) in [5, 5.41) is 5.08. The molecule has 1 aliphatic heterocycles. The van der Waals surface area contributed by atoms with Gasteiger partial charge in [-0.15, -0.1) is 0 Å². The molecule has 29 heavy (non-hydrogen) atoms. The van der Waals surface area contributed by atoms with Crippen LogP contribution in [0, 0.1) is 0 Å². The number of rotatable bonds is 7. The molecule has 2 N–H and O–H groups in total. The first-order valence-corrected chi connectivity index (χ1v) is 9.27. The van der Waals surface area contributed by atoms with Crippen LogP contribution in [0.2, 0.25) is 0 Å². The van der Waals surface area contributed by atoms with Crippen LogP contribution in [-0.2, 0) is 20.5 Å². The van der Waals surface area contributed by atoms with Crippen molar-refractivity contribution in [1.29, 1.82) is 0 Å². The van der Waals surface area contributed by atoms with E-state index in [1.807, 2.05) is 0 Å². The van der Waals surface area contributed by atoms with Crippen molar-refractivity contribution in [3.63, 3.8) is 0 Å². The van der Waals surface area contributed by atoms with E-state index in [0.29, 0.717) is 32.7 Å². The molecule has 3 amide bonds. The van der Waals surface area contributed by atoms with Gasteiger partial charge in [0.1, 0.15) is 6.04 Å². The Labute approximate surface area is 166 Å². The topological polar surface area (TPSA) is 87.7 Å². The average Bonchev–Trinajstić information content (AvgIpc) is 2.72. The van der Waals surface area contributed by atoms with Crippen molar-refractivity contribution < 1.29 is 32.3 Å². The maximum absolute atomic E-state index is 12.8. The van der Waals surface area contributed by atoms with Crippen LogP contribution in [0.15, 0.2) is 24.3 Å². The monoisotopic (exact) mass is 415 g/mol. The molecule has 0 spiro atoms. The Morgan fingerprint density at radius 1 is 1.14 bits per heavy atom. The Morgan fingerprint density at radius 2 is 1.76 bits per heavy atom. The molecule has 1 heterocycles. The van der Waals surface area contributed by atoms with Crippen LogP contribution in [0.1, 0.15) is 35.2 Å². The maximum Gasteiger partial charge on any atom is 0.416 e. The van der Waals surface area contributed by atoms with E-state index in [-0.39, 0.29) is 30.2 Å². The molecule has 1 fully saturated rings. The lowest BCUT2D eigenvalue weighted by molar-refractivity contribution is -0.138. The van der Waals surface area contributed by atoms with Crippen molar-refractivity contribution in [2.45, 2.75) is 31.5 Å². The molecule has 1 aliphatic rings. The van der Waals surface area contributed by atoms with Gasteiger partial charge in [0.15, 0.2) is 0 Å². The lowest BCUT2D eigenvalue weighted by Gasteiger charge is -2.30. The predicted octanol–water partition coefficient (Wildman–Crippen LogP) is 1.58. The first-order chi connectivity index (χ1) is 13.7. The molecule has 0 aromatic heterocycles. The van der Waals surface area contributed by atoms with E-state index in [4.69, 9.17) is 4.74 Å². The minimum Gasteiger partial charge on any atom is -0.378 e. The van der Waals surface area contributed by atoms with Gasteiger partial charge < -0.3 is 20.3 Å². The number of halogens is 3. The highest BCUT2D eigenvalue weighted by molar-refractivity contribution is 5.97. The quantitative estimate of drug-likeness (QED) is 0.708. The molecule has 160 valence electrons. The highest BCUT2D eigenvalue weighted by Crippen LogP contribution is 2.29. The number of benzene rings is 1. The smallest absolute Gasteiger partial charge is 0.378 e. The average molecular weight is 415 g/mol. The fourth-order valence-corrected chi connectivity index (χ4v) is 2.91. The molecular formula is C19H24F3N3O4. The van der Waals surface area contributed by atoms with Crippen molar-refractivity contribution >= 4 is 17.7 Å². The highest BCUT2D eigenvalue weighted by Gasteiger charge is 2.31. The van der Waals surface area contributed by atoms with Gasteiger partial charge in [0.25, 0.3) is 5.91 Å². The molecule has 10 heteroatoms. The van der Waals surface area contributed by atoms with Gasteiger partial charge >= 0.3 is 6.18 Å². The van der Waals surface area contributed by atoms with Gasteiger partial charge in [0, 0.05) is 32.1 Å². The molecule has 1 atom stereocenters. The van der Waals surface area contributed by atoms with Crippen molar-refractivity contribution in [2.24, 2.45) is 0 Å². The Hall–Kier alpha value is -2.62. The summed E-state index contributed by atoms with van der Waals surface area (Å²) in [4.78, 5) is 38.3. The van der Waals surface area contributed by atoms with E-state index in [0.717, 1.165) is 24.3 Å². The van der Waals surface area contributed by atoms with Crippen molar-refractivity contribution in [3.8, 4) is 0 Å².